The lowest BCUT2D eigenvalue weighted by Crippen LogP contribution is -2.60. The van der Waals surface area contributed by atoms with Gasteiger partial charge >= 0.3 is 12.1 Å². The van der Waals surface area contributed by atoms with E-state index in [0.29, 0.717) is 38.8 Å². The summed E-state index contributed by atoms with van der Waals surface area (Å²) in [5.41, 5.74) is 1.32. The van der Waals surface area contributed by atoms with Gasteiger partial charge in [0.1, 0.15) is 36.4 Å². The second-order valence-electron chi connectivity index (χ2n) is 17.7. The molecule has 0 bridgehead atoms. The van der Waals surface area contributed by atoms with E-state index >= 15 is 0 Å². The first-order chi connectivity index (χ1) is 29.1. The highest BCUT2D eigenvalue weighted by Crippen LogP contribution is 2.26. The quantitative estimate of drug-likeness (QED) is 0.0816. The number of ether oxygens (including phenoxy) is 2. The molecule has 0 aliphatic carbocycles. The van der Waals surface area contributed by atoms with Crippen LogP contribution in [-0.2, 0) is 56.0 Å². The van der Waals surface area contributed by atoms with E-state index in [1.165, 1.54) is 11.9 Å². The van der Waals surface area contributed by atoms with Crippen molar-refractivity contribution in [3.63, 3.8) is 0 Å². The molecular weight excluding hydrogens is 803 g/mol. The molecule has 6 atom stereocenters. The molecule has 1 aromatic carbocycles. The summed E-state index contributed by atoms with van der Waals surface area (Å²) < 4.78 is 11.2. The van der Waals surface area contributed by atoms with Crippen molar-refractivity contribution in [2.24, 2.45) is 11.8 Å². The molecule has 1 saturated heterocycles. The number of benzene rings is 1. The lowest BCUT2D eigenvalue weighted by molar-refractivity contribution is -0.155. The number of aliphatic hydroxyl groups excluding tert-OH is 1. The summed E-state index contributed by atoms with van der Waals surface area (Å²) in [7, 11) is 1.54. The van der Waals surface area contributed by atoms with Crippen molar-refractivity contribution in [3.8, 4) is 0 Å². The average molecular weight is 872 g/mol. The standard InChI is InChI=1S/C44H69N7O11/c1-10-15-31(38(55)41(58)46-23-35(54)62-44(6,7)8)47-39(56)32-22-30(61-43(60)50-21-20-28-16-11-12-17-29(28)24-50)25-51(32)42(59)37(27(4)5)49-40(57)36(26(2)3)48-34(53)19-14-13-18-33(52)45-9/h11-12,16-17,26-27,30-32,36-38,55H,10,13-15,18-25H2,1-9H3,(H,45,52)(H,46,58)(H,47,56)(H,48,53)(H,49,57)/t30?,31?,32?,36-,37-,38?/m0/s1. The molecule has 7 amide bonds. The van der Waals surface area contributed by atoms with Crippen molar-refractivity contribution in [1.29, 1.82) is 0 Å². The molecule has 2 heterocycles. The van der Waals surface area contributed by atoms with Crippen molar-refractivity contribution in [3.05, 3.63) is 35.4 Å². The number of amides is 7. The fourth-order valence-corrected chi connectivity index (χ4v) is 7.38. The highest BCUT2D eigenvalue weighted by molar-refractivity contribution is 5.95. The first-order valence-electron chi connectivity index (χ1n) is 21.8. The van der Waals surface area contributed by atoms with Crippen molar-refractivity contribution in [1.82, 2.24) is 36.4 Å². The zero-order valence-electron chi connectivity index (χ0n) is 37.8. The summed E-state index contributed by atoms with van der Waals surface area (Å²) in [6, 6.07) is 3.23. The molecule has 62 heavy (non-hydrogen) atoms. The van der Waals surface area contributed by atoms with E-state index in [1.54, 1.807) is 60.3 Å². The summed E-state index contributed by atoms with van der Waals surface area (Å²) in [4.78, 5) is 109. The maximum Gasteiger partial charge on any atom is 0.410 e. The summed E-state index contributed by atoms with van der Waals surface area (Å²) in [5, 5.41) is 24.3. The molecule has 1 fully saturated rings. The second-order valence-corrected chi connectivity index (χ2v) is 17.7. The van der Waals surface area contributed by atoms with E-state index in [2.05, 4.69) is 26.6 Å². The van der Waals surface area contributed by atoms with Crippen LogP contribution in [0.15, 0.2) is 24.3 Å². The van der Waals surface area contributed by atoms with E-state index in [-0.39, 0.29) is 50.0 Å². The van der Waals surface area contributed by atoms with Crippen LogP contribution in [0.5, 0.6) is 0 Å². The number of esters is 1. The van der Waals surface area contributed by atoms with Crippen molar-refractivity contribution < 1.29 is 52.9 Å². The molecule has 4 unspecified atom stereocenters. The van der Waals surface area contributed by atoms with Gasteiger partial charge in [-0.1, -0.05) is 65.3 Å². The van der Waals surface area contributed by atoms with Gasteiger partial charge < -0.3 is 51.0 Å². The van der Waals surface area contributed by atoms with Gasteiger partial charge in [0.05, 0.1) is 12.6 Å². The molecule has 0 radical (unpaired) electrons. The monoisotopic (exact) mass is 872 g/mol. The van der Waals surface area contributed by atoms with E-state index in [9.17, 15) is 43.5 Å². The Labute approximate surface area is 365 Å². The highest BCUT2D eigenvalue weighted by Gasteiger charge is 2.46. The topological polar surface area (TPSA) is 242 Å². The number of hydrogen-bond donors (Lipinski definition) is 6. The number of carbonyl (C=O) groups excluding carboxylic acids is 8. The molecule has 0 saturated carbocycles. The number of unbranched alkanes of at least 4 members (excludes halogenated alkanes) is 1. The minimum Gasteiger partial charge on any atom is -0.459 e. The smallest absolute Gasteiger partial charge is 0.410 e. The third kappa shape index (κ3) is 15.6. The normalized spacial score (nSPS) is 18.1. The SMILES string of the molecule is CCCC(NC(=O)C1CC(OC(=O)N2CCc3ccccc3C2)CN1C(=O)[C@@H](NC(=O)[C@@H](NC(=O)CCCCC(=O)NC)C(C)C)C(C)C)C(O)C(=O)NCC(=O)OC(C)(C)C. The summed E-state index contributed by atoms with van der Waals surface area (Å²) >= 11 is 0. The van der Waals surface area contributed by atoms with Gasteiger partial charge in [-0.25, -0.2) is 4.79 Å². The Kier molecular flexibility index (Phi) is 19.6. The highest BCUT2D eigenvalue weighted by atomic mass is 16.6. The van der Waals surface area contributed by atoms with E-state index in [4.69, 9.17) is 9.47 Å². The van der Waals surface area contributed by atoms with Gasteiger partial charge in [0.15, 0.2) is 6.10 Å². The Balaban J connectivity index is 1.83. The van der Waals surface area contributed by atoms with Crippen LogP contribution >= 0.6 is 0 Å². The molecule has 2 aliphatic rings. The van der Waals surface area contributed by atoms with Crippen molar-refractivity contribution in [2.45, 2.75) is 155 Å². The molecular formula is C44H69N7O11. The van der Waals surface area contributed by atoms with Crippen LogP contribution < -0.4 is 26.6 Å². The Morgan fingerprint density at radius 1 is 0.855 bits per heavy atom. The molecule has 18 nitrogen and oxygen atoms in total. The van der Waals surface area contributed by atoms with Crippen LogP contribution in [0.2, 0.25) is 0 Å². The zero-order chi connectivity index (χ0) is 46.3. The van der Waals surface area contributed by atoms with Gasteiger partial charge in [0, 0.05) is 39.4 Å². The maximum atomic E-state index is 14.6. The maximum absolute atomic E-state index is 14.6. The third-order valence-corrected chi connectivity index (χ3v) is 10.7. The Hall–Kier alpha value is -5.26. The molecule has 0 aromatic heterocycles. The fraction of sp³-hybridized carbons (Fsp3) is 0.682. The molecule has 346 valence electrons. The molecule has 0 spiro atoms. The minimum atomic E-state index is -1.77. The van der Waals surface area contributed by atoms with Crippen molar-refractivity contribution in [2.75, 3.05) is 26.7 Å². The van der Waals surface area contributed by atoms with Crippen LogP contribution in [0.4, 0.5) is 4.79 Å². The number of nitrogens with one attached hydrogen (secondary N) is 5. The van der Waals surface area contributed by atoms with Crippen LogP contribution in [0, 0.1) is 11.8 Å². The van der Waals surface area contributed by atoms with Crippen LogP contribution in [0.3, 0.4) is 0 Å². The summed E-state index contributed by atoms with van der Waals surface area (Å²) in [6.45, 7) is 13.8. The molecule has 18 heteroatoms. The Morgan fingerprint density at radius 3 is 2.08 bits per heavy atom. The first kappa shape index (κ1) is 51.1. The van der Waals surface area contributed by atoms with Crippen LogP contribution in [0.25, 0.3) is 0 Å². The van der Waals surface area contributed by atoms with Gasteiger partial charge in [-0.3, -0.25) is 33.6 Å². The fourth-order valence-electron chi connectivity index (χ4n) is 7.38. The summed E-state index contributed by atoms with van der Waals surface area (Å²) in [6.07, 6.45) is -0.927. The van der Waals surface area contributed by atoms with Gasteiger partial charge in [-0.05, 0) is 69.4 Å². The van der Waals surface area contributed by atoms with E-state index in [1.807, 2.05) is 24.3 Å². The largest absolute Gasteiger partial charge is 0.459 e. The van der Waals surface area contributed by atoms with Crippen molar-refractivity contribution >= 4 is 47.5 Å². The van der Waals surface area contributed by atoms with Gasteiger partial charge in [-0.2, -0.15) is 0 Å². The predicted octanol–water partition coefficient (Wildman–Crippen LogP) is 1.84. The minimum absolute atomic E-state index is 0.0910. The number of nitrogens with zero attached hydrogens (tertiary/aromatic N) is 2. The van der Waals surface area contributed by atoms with Gasteiger partial charge in [0.25, 0.3) is 5.91 Å². The molecule has 3 rings (SSSR count). The number of carbonyl (C=O) groups is 8. The first-order valence-corrected chi connectivity index (χ1v) is 21.8. The zero-order valence-corrected chi connectivity index (χ0v) is 37.8. The van der Waals surface area contributed by atoms with Crippen LogP contribution in [-0.4, -0.2) is 131 Å². The molecule has 2 aliphatic heterocycles. The lowest BCUT2D eigenvalue weighted by Gasteiger charge is -2.33. The van der Waals surface area contributed by atoms with E-state index < -0.39 is 90.1 Å². The molecule has 6 N–H and O–H groups in total. The number of aliphatic hydroxyl groups is 1. The summed E-state index contributed by atoms with van der Waals surface area (Å²) in [5.74, 6) is -4.99. The lowest BCUT2D eigenvalue weighted by atomic mass is 9.98. The number of hydrogen-bond acceptors (Lipinski definition) is 11. The Morgan fingerprint density at radius 2 is 1.48 bits per heavy atom. The van der Waals surface area contributed by atoms with Gasteiger partial charge in [0.2, 0.25) is 29.5 Å². The average Bonchev–Trinajstić information content (AvgIpc) is 3.64. The Bertz CT molecular complexity index is 1750. The number of likely N-dealkylation sites (tertiary alicyclic amines) is 1. The van der Waals surface area contributed by atoms with E-state index in [0.717, 1.165) is 11.1 Å². The predicted molar refractivity (Wildman–Crippen MR) is 229 cm³/mol. The second kappa shape index (κ2) is 23.8. The number of fused-ring (bicyclic) bond motifs is 1. The molecule has 1 aromatic rings. The van der Waals surface area contributed by atoms with Crippen LogP contribution in [0.1, 0.15) is 111 Å². The number of rotatable bonds is 20. The third-order valence-electron chi connectivity index (χ3n) is 10.7. The van der Waals surface area contributed by atoms with Gasteiger partial charge in [-0.15, -0.1) is 0 Å².